The van der Waals surface area contributed by atoms with Crippen molar-refractivity contribution in [1.82, 2.24) is 4.72 Å². The van der Waals surface area contributed by atoms with Crippen LogP contribution in [0.1, 0.15) is 27.9 Å². The largest absolute Gasteiger partial charge is 0.484 e. The zero-order chi connectivity index (χ0) is 18.7. The van der Waals surface area contributed by atoms with E-state index in [9.17, 15) is 18.0 Å². The standard InChI is InChI=1S/C18H18N2O5S/c19-17(21)11-25-15-6-2-5-14(9-15)18(22)20-26(23,24)16-8-7-12-3-1-4-13(12)10-16/h2,5-10H,1,3-4,11H2,(H2,19,21)(H,20,22). The molecule has 3 rings (SSSR count). The number of sulfonamides is 1. The number of hydrogen-bond donors (Lipinski definition) is 2. The van der Waals surface area contributed by atoms with Crippen LogP contribution in [-0.4, -0.2) is 26.8 Å². The zero-order valence-corrected chi connectivity index (χ0v) is 14.7. The lowest BCUT2D eigenvalue weighted by molar-refractivity contribution is -0.119. The Kier molecular flexibility index (Phi) is 4.94. The molecule has 3 N–H and O–H groups in total. The van der Waals surface area contributed by atoms with Crippen molar-refractivity contribution in [1.29, 1.82) is 0 Å². The van der Waals surface area contributed by atoms with E-state index in [0.29, 0.717) is 0 Å². The number of nitrogens with one attached hydrogen (secondary N) is 1. The van der Waals surface area contributed by atoms with E-state index in [0.717, 1.165) is 30.4 Å². The highest BCUT2D eigenvalue weighted by atomic mass is 32.2. The van der Waals surface area contributed by atoms with Crippen LogP contribution < -0.4 is 15.2 Å². The van der Waals surface area contributed by atoms with Crippen LogP contribution in [0.2, 0.25) is 0 Å². The van der Waals surface area contributed by atoms with Crippen molar-refractivity contribution < 1.29 is 22.7 Å². The van der Waals surface area contributed by atoms with Gasteiger partial charge < -0.3 is 10.5 Å². The molecule has 26 heavy (non-hydrogen) atoms. The summed E-state index contributed by atoms with van der Waals surface area (Å²) < 4.78 is 32.2. The number of rotatable bonds is 6. The summed E-state index contributed by atoms with van der Waals surface area (Å²) in [7, 11) is -3.98. The number of carbonyl (C=O) groups excluding carboxylic acids is 2. The SMILES string of the molecule is NC(=O)COc1cccc(C(=O)NS(=O)(=O)c2ccc3c(c2)CCC3)c1. The van der Waals surface area contributed by atoms with Gasteiger partial charge in [-0.2, -0.15) is 0 Å². The molecular formula is C18H18N2O5S. The Morgan fingerprint density at radius 2 is 1.85 bits per heavy atom. The molecule has 0 aromatic heterocycles. The predicted octanol–water partition coefficient (Wildman–Crippen LogP) is 1.16. The van der Waals surface area contributed by atoms with Crippen molar-refractivity contribution >= 4 is 21.8 Å². The molecule has 0 saturated carbocycles. The van der Waals surface area contributed by atoms with Gasteiger partial charge in [-0.05, 0) is 60.7 Å². The van der Waals surface area contributed by atoms with E-state index in [1.54, 1.807) is 12.1 Å². The highest BCUT2D eigenvalue weighted by Gasteiger charge is 2.21. The van der Waals surface area contributed by atoms with E-state index in [4.69, 9.17) is 10.5 Å². The van der Waals surface area contributed by atoms with Crippen LogP contribution in [0.3, 0.4) is 0 Å². The van der Waals surface area contributed by atoms with Gasteiger partial charge in [0.05, 0.1) is 4.90 Å². The maximum Gasteiger partial charge on any atom is 0.265 e. The highest BCUT2D eigenvalue weighted by molar-refractivity contribution is 7.90. The lowest BCUT2D eigenvalue weighted by Crippen LogP contribution is -2.30. The summed E-state index contributed by atoms with van der Waals surface area (Å²) in [6, 6.07) is 10.8. The van der Waals surface area contributed by atoms with Crippen molar-refractivity contribution in [3.63, 3.8) is 0 Å². The number of nitrogens with two attached hydrogens (primary N) is 1. The number of benzene rings is 2. The summed E-state index contributed by atoms with van der Waals surface area (Å²) in [5.74, 6) is -1.19. The van der Waals surface area contributed by atoms with E-state index in [-0.39, 0.29) is 22.8 Å². The number of amides is 2. The smallest absolute Gasteiger partial charge is 0.265 e. The first-order chi connectivity index (χ1) is 12.3. The highest BCUT2D eigenvalue weighted by Crippen LogP contribution is 2.24. The van der Waals surface area contributed by atoms with Gasteiger partial charge >= 0.3 is 0 Å². The molecule has 136 valence electrons. The molecule has 2 amide bonds. The molecule has 0 radical (unpaired) electrons. The van der Waals surface area contributed by atoms with Gasteiger partial charge in [-0.25, -0.2) is 13.1 Å². The second kappa shape index (κ2) is 7.17. The minimum Gasteiger partial charge on any atom is -0.484 e. The molecule has 2 aromatic carbocycles. The fourth-order valence-corrected chi connectivity index (χ4v) is 3.86. The van der Waals surface area contributed by atoms with Crippen LogP contribution in [0, 0.1) is 0 Å². The summed E-state index contributed by atoms with van der Waals surface area (Å²) in [4.78, 5) is 23.1. The molecule has 0 atom stereocenters. The van der Waals surface area contributed by atoms with E-state index in [1.165, 1.54) is 30.3 Å². The van der Waals surface area contributed by atoms with Crippen molar-refractivity contribution in [2.24, 2.45) is 5.73 Å². The number of primary amides is 1. The summed E-state index contributed by atoms with van der Waals surface area (Å²) in [5.41, 5.74) is 7.25. The van der Waals surface area contributed by atoms with E-state index < -0.39 is 21.8 Å². The lowest BCUT2D eigenvalue weighted by Gasteiger charge is -2.10. The first-order valence-electron chi connectivity index (χ1n) is 8.05. The summed E-state index contributed by atoms with van der Waals surface area (Å²) in [6.07, 6.45) is 2.79. The molecule has 0 aliphatic heterocycles. The maximum atomic E-state index is 12.5. The van der Waals surface area contributed by atoms with Gasteiger partial charge in [0.1, 0.15) is 5.75 Å². The van der Waals surface area contributed by atoms with Gasteiger partial charge in [0, 0.05) is 5.56 Å². The number of fused-ring (bicyclic) bond motifs is 1. The molecule has 0 spiro atoms. The first-order valence-corrected chi connectivity index (χ1v) is 9.53. The number of aryl methyl sites for hydroxylation is 2. The Bertz CT molecular complexity index is 969. The van der Waals surface area contributed by atoms with E-state index >= 15 is 0 Å². The molecule has 2 aromatic rings. The summed E-state index contributed by atoms with van der Waals surface area (Å²) >= 11 is 0. The summed E-state index contributed by atoms with van der Waals surface area (Å²) in [6.45, 7) is -0.335. The van der Waals surface area contributed by atoms with Gasteiger partial charge in [0.2, 0.25) is 0 Å². The van der Waals surface area contributed by atoms with Gasteiger partial charge in [-0.3, -0.25) is 9.59 Å². The average Bonchev–Trinajstić information content (AvgIpc) is 3.07. The van der Waals surface area contributed by atoms with Crippen molar-refractivity contribution in [3.8, 4) is 5.75 Å². The molecule has 0 fully saturated rings. The molecule has 0 bridgehead atoms. The number of ether oxygens (including phenoxy) is 1. The van der Waals surface area contributed by atoms with Crippen LogP contribution in [-0.2, 0) is 27.7 Å². The third-order valence-electron chi connectivity index (χ3n) is 4.08. The molecule has 1 aliphatic rings. The Morgan fingerprint density at radius 3 is 2.62 bits per heavy atom. The predicted molar refractivity (Wildman–Crippen MR) is 94.3 cm³/mol. The number of carbonyl (C=O) groups is 2. The quantitative estimate of drug-likeness (QED) is 0.787. The van der Waals surface area contributed by atoms with Gasteiger partial charge in [-0.1, -0.05) is 12.1 Å². The average molecular weight is 374 g/mol. The Hall–Kier alpha value is -2.87. The third-order valence-corrected chi connectivity index (χ3v) is 5.41. The normalized spacial score (nSPS) is 13.1. The topological polar surface area (TPSA) is 116 Å². The van der Waals surface area contributed by atoms with Crippen LogP contribution >= 0.6 is 0 Å². The van der Waals surface area contributed by atoms with E-state index in [1.807, 2.05) is 0 Å². The van der Waals surface area contributed by atoms with Crippen LogP contribution in [0.5, 0.6) is 5.75 Å². The molecule has 0 heterocycles. The molecule has 0 saturated heterocycles. The fourth-order valence-electron chi connectivity index (χ4n) is 2.84. The molecule has 1 aliphatic carbocycles. The lowest BCUT2D eigenvalue weighted by atomic mass is 10.1. The monoisotopic (exact) mass is 374 g/mol. The van der Waals surface area contributed by atoms with Crippen molar-refractivity contribution in [3.05, 3.63) is 59.2 Å². The van der Waals surface area contributed by atoms with Crippen LogP contribution in [0.15, 0.2) is 47.4 Å². The van der Waals surface area contributed by atoms with Crippen LogP contribution in [0.4, 0.5) is 0 Å². The second-order valence-electron chi connectivity index (χ2n) is 6.00. The van der Waals surface area contributed by atoms with Crippen molar-refractivity contribution in [2.45, 2.75) is 24.2 Å². The fraction of sp³-hybridized carbons (Fsp3) is 0.222. The number of hydrogen-bond acceptors (Lipinski definition) is 5. The minimum absolute atomic E-state index is 0.0626. The second-order valence-corrected chi connectivity index (χ2v) is 7.68. The maximum absolute atomic E-state index is 12.5. The summed E-state index contributed by atoms with van der Waals surface area (Å²) in [5, 5.41) is 0. The minimum atomic E-state index is -3.98. The van der Waals surface area contributed by atoms with Gasteiger partial charge in [0.15, 0.2) is 6.61 Å². The third kappa shape index (κ3) is 4.02. The Morgan fingerprint density at radius 1 is 1.08 bits per heavy atom. The Labute approximate surface area is 151 Å². The first kappa shape index (κ1) is 17.9. The molecule has 8 heteroatoms. The molecule has 0 unspecified atom stereocenters. The van der Waals surface area contributed by atoms with Gasteiger partial charge in [-0.15, -0.1) is 0 Å². The zero-order valence-electron chi connectivity index (χ0n) is 13.9. The Balaban J connectivity index is 1.76. The van der Waals surface area contributed by atoms with Gasteiger partial charge in [0.25, 0.3) is 21.8 Å². The van der Waals surface area contributed by atoms with Crippen LogP contribution in [0.25, 0.3) is 0 Å². The van der Waals surface area contributed by atoms with Crippen molar-refractivity contribution in [2.75, 3.05) is 6.61 Å². The molecular weight excluding hydrogens is 356 g/mol. The van der Waals surface area contributed by atoms with E-state index in [2.05, 4.69) is 4.72 Å². The molecule has 7 nitrogen and oxygen atoms in total.